The van der Waals surface area contributed by atoms with Crippen molar-refractivity contribution >= 4 is 11.4 Å². The van der Waals surface area contributed by atoms with Crippen molar-refractivity contribution in [3.8, 4) is 6.07 Å². The fourth-order valence-corrected chi connectivity index (χ4v) is 1.95. The van der Waals surface area contributed by atoms with E-state index in [-0.39, 0.29) is 5.69 Å². The number of anilines is 1. The first-order chi connectivity index (χ1) is 9.61. The summed E-state index contributed by atoms with van der Waals surface area (Å²) in [6.45, 7) is 2.20. The highest BCUT2D eigenvalue weighted by Gasteiger charge is 2.10. The average Bonchev–Trinajstić information content (AvgIpc) is 2.45. The third-order valence-corrected chi connectivity index (χ3v) is 3.01. The van der Waals surface area contributed by atoms with Gasteiger partial charge in [0.05, 0.1) is 16.6 Å². The van der Waals surface area contributed by atoms with Crippen molar-refractivity contribution in [1.82, 2.24) is 0 Å². The summed E-state index contributed by atoms with van der Waals surface area (Å²) in [6.07, 6.45) is 0. The van der Waals surface area contributed by atoms with Crippen LogP contribution < -0.4 is 5.32 Å². The molecular weight excluding hydrogens is 254 g/mol. The second-order valence-corrected chi connectivity index (χ2v) is 4.38. The number of nitro benzene ring substituents is 1. The first-order valence-electron chi connectivity index (χ1n) is 6.08. The second-order valence-electron chi connectivity index (χ2n) is 4.38. The molecule has 0 unspecified atom stereocenters. The van der Waals surface area contributed by atoms with Crippen LogP contribution in [0.1, 0.15) is 16.7 Å². The monoisotopic (exact) mass is 267 g/mol. The molecule has 5 heteroatoms. The Hall–Kier alpha value is -2.87. The normalized spacial score (nSPS) is 9.80. The number of hydrogen-bond donors (Lipinski definition) is 1. The Morgan fingerprint density at radius 2 is 2.05 bits per heavy atom. The van der Waals surface area contributed by atoms with Crippen LogP contribution in [0, 0.1) is 28.4 Å². The molecule has 0 aliphatic carbocycles. The molecule has 0 spiro atoms. The van der Waals surface area contributed by atoms with Crippen molar-refractivity contribution in [2.45, 2.75) is 13.5 Å². The summed E-state index contributed by atoms with van der Waals surface area (Å²) in [4.78, 5) is 10.3. The molecule has 0 atom stereocenters. The highest BCUT2D eigenvalue weighted by atomic mass is 16.6. The van der Waals surface area contributed by atoms with E-state index in [2.05, 4.69) is 11.4 Å². The van der Waals surface area contributed by atoms with Crippen molar-refractivity contribution < 1.29 is 4.92 Å². The fourth-order valence-electron chi connectivity index (χ4n) is 1.95. The smallest absolute Gasteiger partial charge is 0.272 e. The number of nitrogens with one attached hydrogen (secondary N) is 1. The van der Waals surface area contributed by atoms with Crippen LogP contribution in [0.4, 0.5) is 11.4 Å². The summed E-state index contributed by atoms with van der Waals surface area (Å²) >= 11 is 0. The summed E-state index contributed by atoms with van der Waals surface area (Å²) in [5.41, 5.74) is 3.02. The van der Waals surface area contributed by atoms with E-state index in [9.17, 15) is 10.1 Å². The van der Waals surface area contributed by atoms with Crippen molar-refractivity contribution in [2.24, 2.45) is 0 Å². The largest absolute Gasteiger partial charge is 0.381 e. The maximum Gasteiger partial charge on any atom is 0.272 e. The van der Waals surface area contributed by atoms with Gasteiger partial charge in [0.25, 0.3) is 5.69 Å². The highest BCUT2D eigenvalue weighted by molar-refractivity contribution is 5.54. The molecule has 2 aromatic rings. The van der Waals surface area contributed by atoms with E-state index in [0.29, 0.717) is 17.7 Å². The van der Waals surface area contributed by atoms with Gasteiger partial charge in [-0.2, -0.15) is 5.26 Å². The van der Waals surface area contributed by atoms with Crippen molar-refractivity contribution in [1.29, 1.82) is 5.26 Å². The summed E-state index contributed by atoms with van der Waals surface area (Å²) in [7, 11) is 0. The Labute approximate surface area is 116 Å². The van der Waals surface area contributed by atoms with E-state index in [1.54, 1.807) is 25.1 Å². The van der Waals surface area contributed by atoms with Gasteiger partial charge >= 0.3 is 0 Å². The van der Waals surface area contributed by atoms with Crippen LogP contribution in [-0.2, 0) is 6.54 Å². The predicted octanol–water partition coefficient (Wildman–Crippen LogP) is 3.39. The van der Waals surface area contributed by atoms with E-state index >= 15 is 0 Å². The number of nitriles is 1. The van der Waals surface area contributed by atoms with Crippen LogP contribution in [0.3, 0.4) is 0 Å². The van der Waals surface area contributed by atoms with Gasteiger partial charge in [0.15, 0.2) is 0 Å². The number of benzene rings is 2. The van der Waals surface area contributed by atoms with E-state index in [1.807, 2.05) is 18.2 Å². The lowest BCUT2D eigenvalue weighted by Crippen LogP contribution is -2.02. The maximum atomic E-state index is 10.7. The Morgan fingerprint density at radius 1 is 1.30 bits per heavy atom. The first-order valence-corrected chi connectivity index (χ1v) is 6.08. The second kappa shape index (κ2) is 5.85. The molecule has 0 amide bonds. The van der Waals surface area contributed by atoms with Crippen LogP contribution in [0.15, 0.2) is 42.5 Å². The zero-order chi connectivity index (χ0) is 14.5. The minimum absolute atomic E-state index is 0.105. The Kier molecular flexibility index (Phi) is 3.96. The zero-order valence-electron chi connectivity index (χ0n) is 11.0. The van der Waals surface area contributed by atoms with Crippen LogP contribution in [-0.4, -0.2) is 4.92 Å². The highest BCUT2D eigenvalue weighted by Crippen LogP contribution is 2.22. The van der Waals surface area contributed by atoms with Gasteiger partial charge in [0, 0.05) is 23.9 Å². The van der Waals surface area contributed by atoms with Crippen LogP contribution in [0.2, 0.25) is 0 Å². The number of nitro groups is 1. The van der Waals surface area contributed by atoms with Crippen molar-refractivity contribution in [2.75, 3.05) is 5.32 Å². The molecule has 0 aliphatic rings. The SMILES string of the molecule is Cc1cc(NCc2ccccc2C#N)ccc1[N+](=O)[O-]. The number of aryl methyl sites for hydroxylation is 1. The zero-order valence-corrected chi connectivity index (χ0v) is 11.0. The molecule has 5 nitrogen and oxygen atoms in total. The molecule has 0 bridgehead atoms. The van der Waals surface area contributed by atoms with E-state index in [4.69, 9.17) is 5.26 Å². The number of nitrogens with zero attached hydrogens (tertiary/aromatic N) is 2. The molecule has 0 saturated heterocycles. The molecule has 20 heavy (non-hydrogen) atoms. The topological polar surface area (TPSA) is 79.0 Å². The minimum atomic E-state index is -0.399. The third kappa shape index (κ3) is 2.93. The molecular formula is C15H13N3O2. The Balaban J connectivity index is 2.14. The van der Waals surface area contributed by atoms with Gasteiger partial charge in [0.1, 0.15) is 0 Å². The molecule has 0 saturated carbocycles. The van der Waals surface area contributed by atoms with Gasteiger partial charge in [-0.25, -0.2) is 0 Å². The summed E-state index contributed by atoms with van der Waals surface area (Å²) in [5.74, 6) is 0. The van der Waals surface area contributed by atoms with Crippen LogP contribution in [0.5, 0.6) is 0 Å². The van der Waals surface area contributed by atoms with Crippen LogP contribution >= 0.6 is 0 Å². The van der Waals surface area contributed by atoms with Crippen molar-refractivity contribution in [3.63, 3.8) is 0 Å². The van der Waals surface area contributed by atoms with Gasteiger partial charge < -0.3 is 5.32 Å². The average molecular weight is 267 g/mol. The maximum absolute atomic E-state index is 10.7. The van der Waals surface area contributed by atoms with E-state index < -0.39 is 4.92 Å². The Bertz CT molecular complexity index is 690. The van der Waals surface area contributed by atoms with Crippen LogP contribution in [0.25, 0.3) is 0 Å². The van der Waals surface area contributed by atoms with E-state index in [0.717, 1.165) is 11.3 Å². The van der Waals surface area contributed by atoms with Gasteiger partial charge in [0.2, 0.25) is 0 Å². The van der Waals surface area contributed by atoms with Gasteiger partial charge in [-0.05, 0) is 30.7 Å². The molecule has 2 aromatic carbocycles. The van der Waals surface area contributed by atoms with Crippen molar-refractivity contribution in [3.05, 3.63) is 69.3 Å². The lowest BCUT2D eigenvalue weighted by Gasteiger charge is -2.08. The lowest BCUT2D eigenvalue weighted by atomic mass is 10.1. The molecule has 2 rings (SSSR count). The molecule has 100 valence electrons. The molecule has 0 radical (unpaired) electrons. The predicted molar refractivity (Wildman–Crippen MR) is 76.3 cm³/mol. The quantitative estimate of drug-likeness (QED) is 0.680. The molecule has 1 N–H and O–H groups in total. The molecule has 0 heterocycles. The minimum Gasteiger partial charge on any atom is -0.381 e. The summed E-state index contributed by atoms with van der Waals surface area (Å²) < 4.78 is 0. The standard InChI is InChI=1S/C15H13N3O2/c1-11-8-14(6-7-15(11)18(19)20)17-10-13-5-3-2-4-12(13)9-16/h2-8,17H,10H2,1H3. The number of rotatable bonds is 4. The number of hydrogen-bond acceptors (Lipinski definition) is 4. The molecule has 0 aliphatic heterocycles. The lowest BCUT2D eigenvalue weighted by molar-refractivity contribution is -0.385. The van der Waals surface area contributed by atoms with Gasteiger partial charge in [-0.15, -0.1) is 0 Å². The summed E-state index contributed by atoms with van der Waals surface area (Å²) in [5, 5.41) is 22.9. The third-order valence-electron chi connectivity index (χ3n) is 3.01. The van der Waals surface area contributed by atoms with Gasteiger partial charge in [-0.3, -0.25) is 10.1 Å². The van der Waals surface area contributed by atoms with E-state index in [1.165, 1.54) is 6.07 Å². The summed E-state index contributed by atoms with van der Waals surface area (Å²) in [6, 6.07) is 14.3. The molecule has 0 aromatic heterocycles. The fraction of sp³-hybridized carbons (Fsp3) is 0.133. The van der Waals surface area contributed by atoms with Gasteiger partial charge in [-0.1, -0.05) is 18.2 Å². The Morgan fingerprint density at radius 3 is 2.70 bits per heavy atom. The molecule has 0 fully saturated rings. The first kappa shape index (κ1) is 13.6.